The summed E-state index contributed by atoms with van der Waals surface area (Å²) in [7, 11) is 0. The molecule has 2 aromatic carbocycles. The van der Waals surface area contributed by atoms with Crippen LogP contribution in [0.1, 0.15) is 16.4 Å². The molecular formula is C20H20FN3OS. The standard InChI is InChI=1S/C20H20FN3OS/c21-16-5-1-15(2-6-16)19-13-18(23-20(22)26-19)14-3-7-17(8-4-14)24-9-11-25-12-10-24/h1-8,13,19H,9-12H2,(H2,22,23). The van der Waals surface area contributed by atoms with Gasteiger partial charge in [0.1, 0.15) is 5.82 Å². The minimum atomic E-state index is -0.237. The minimum absolute atomic E-state index is 0.0296. The highest BCUT2D eigenvalue weighted by Gasteiger charge is 2.19. The van der Waals surface area contributed by atoms with Crippen molar-refractivity contribution in [2.75, 3.05) is 31.2 Å². The van der Waals surface area contributed by atoms with Gasteiger partial charge in [-0.15, -0.1) is 0 Å². The van der Waals surface area contributed by atoms with Gasteiger partial charge in [0.25, 0.3) is 0 Å². The Balaban J connectivity index is 1.57. The number of amidine groups is 1. The van der Waals surface area contributed by atoms with E-state index in [2.05, 4.69) is 40.2 Å². The fourth-order valence-corrected chi connectivity index (χ4v) is 4.03. The number of ether oxygens (including phenoxy) is 1. The highest BCUT2D eigenvalue weighted by atomic mass is 32.2. The second-order valence-corrected chi connectivity index (χ2v) is 7.40. The normalized spacial score (nSPS) is 20.5. The lowest BCUT2D eigenvalue weighted by molar-refractivity contribution is 0.122. The van der Waals surface area contributed by atoms with Crippen LogP contribution in [0.15, 0.2) is 59.6 Å². The van der Waals surface area contributed by atoms with Gasteiger partial charge in [0, 0.05) is 24.3 Å². The molecule has 1 unspecified atom stereocenters. The van der Waals surface area contributed by atoms with Crippen molar-refractivity contribution in [3.05, 3.63) is 71.6 Å². The van der Waals surface area contributed by atoms with Crippen LogP contribution in [0.5, 0.6) is 0 Å². The lowest BCUT2D eigenvalue weighted by Crippen LogP contribution is -2.36. The van der Waals surface area contributed by atoms with E-state index in [0.29, 0.717) is 5.17 Å². The molecule has 1 atom stereocenters. The van der Waals surface area contributed by atoms with Gasteiger partial charge < -0.3 is 15.4 Å². The highest BCUT2D eigenvalue weighted by Crippen LogP contribution is 2.38. The Labute approximate surface area is 156 Å². The number of aliphatic imine (C=N–C) groups is 1. The number of morpholine rings is 1. The average molecular weight is 369 g/mol. The van der Waals surface area contributed by atoms with Crippen molar-refractivity contribution in [2.45, 2.75) is 5.25 Å². The minimum Gasteiger partial charge on any atom is -0.378 e. The van der Waals surface area contributed by atoms with Gasteiger partial charge in [-0.3, -0.25) is 0 Å². The molecule has 134 valence electrons. The van der Waals surface area contributed by atoms with Gasteiger partial charge in [0.05, 0.1) is 24.2 Å². The Hall–Kier alpha value is -2.31. The van der Waals surface area contributed by atoms with Crippen LogP contribution in [0, 0.1) is 5.82 Å². The summed E-state index contributed by atoms with van der Waals surface area (Å²) < 4.78 is 18.6. The molecule has 2 aliphatic heterocycles. The molecule has 4 nitrogen and oxygen atoms in total. The van der Waals surface area contributed by atoms with E-state index < -0.39 is 0 Å². The first kappa shape index (κ1) is 17.1. The van der Waals surface area contributed by atoms with Gasteiger partial charge in [-0.2, -0.15) is 0 Å². The fraction of sp³-hybridized carbons (Fsp3) is 0.250. The maximum absolute atomic E-state index is 13.2. The maximum Gasteiger partial charge on any atom is 0.160 e. The Kier molecular flexibility index (Phi) is 4.95. The third-order valence-corrected chi connectivity index (χ3v) is 5.52. The van der Waals surface area contributed by atoms with E-state index in [1.165, 1.54) is 29.6 Å². The summed E-state index contributed by atoms with van der Waals surface area (Å²) >= 11 is 1.48. The van der Waals surface area contributed by atoms with Crippen LogP contribution in [0.3, 0.4) is 0 Å². The zero-order valence-electron chi connectivity index (χ0n) is 14.3. The first-order valence-corrected chi connectivity index (χ1v) is 9.48. The Morgan fingerprint density at radius 3 is 2.42 bits per heavy atom. The topological polar surface area (TPSA) is 50.8 Å². The molecule has 0 spiro atoms. The predicted octanol–water partition coefficient (Wildman–Crippen LogP) is 3.81. The van der Waals surface area contributed by atoms with Crippen molar-refractivity contribution in [3.63, 3.8) is 0 Å². The van der Waals surface area contributed by atoms with E-state index in [4.69, 9.17) is 10.5 Å². The zero-order chi connectivity index (χ0) is 17.9. The number of halogens is 1. The van der Waals surface area contributed by atoms with Crippen molar-refractivity contribution in [1.82, 2.24) is 0 Å². The van der Waals surface area contributed by atoms with Gasteiger partial charge in [-0.25, -0.2) is 9.38 Å². The number of anilines is 1. The largest absolute Gasteiger partial charge is 0.378 e. The summed E-state index contributed by atoms with van der Waals surface area (Å²) in [5.74, 6) is -0.237. The first-order valence-electron chi connectivity index (χ1n) is 8.60. The smallest absolute Gasteiger partial charge is 0.160 e. The number of rotatable bonds is 3. The molecule has 0 amide bonds. The van der Waals surface area contributed by atoms with Gasteiger partial charge in [-0.05, 0) is 35.9 Å². The summed E-state index contributed by atoms with van der Waals surface area (Å²) in [5.41, 5.74) is 10.1. The van der Waals surface area contributed by atoms with Crippen LogP contribution in [0.4, 0.5) is 10.1 Å². The number of hydrogen-bond acceptors (Lipinski definition) is 5. The molecule has 0 aliphatic carbocycles. The SMILES string of the molecule is NC1=NC(c2ccc(N3CCOCC3)cc2)=CC(c2ccc(F)cc2)S1. The predicted molar refractivity (Wildman–Crippen MR) is 106 cm³/mol. The number of benzene rings is 2. The quantitative estimate of drug-likeness (QED) is 0.894. The number of nitrogens with zero attached hydrogens (tertiary/aromatic N) is 2. The number of hydrogen-bond donors (Lipinski definition) is 1. The third kappa shape index (κ3) is 3.76. The monoisotopic (exact) mass is 369 g/mol. The molecule has 0 saturated carbocycles. The maximum atomic E-state index is 13.2. The molecular weight excluding hydrogens is 349 g/mol. The molecule has 1 saturated heterocycles. The Morgan fingerprint density at radius 1 is 1.04 bits per heavy atom. The summed E-state index contributed by atoms with van der Waals surface area (Å²) in [6, 6.07) is 14.9. The molecule has 4 rings (SSSR count). The van der Waals surface area contributed by atoms with Crippen molar-refractivity contribution in [1.29, 1.82) is 0 Å². The van der Waals surface area contributed by atoms with Crippen molar-refractivity contribution >= 4 is 28.3 Å². The molecule has 1 fully saturated rings. The van der Waals surface area contributed by atoms with Crippen molar-refractivity contribution in [3.8, 4) is 0 Å². The van der Waals surface area contributed by atoms with Gasteiger partial charge in [0.2, 0.25) is 0 Å². The Morgan fingerprint density at radius 2 is 1.73 bits per heavy atom. The van der Waals surface area contributed by atoms with Crippen molar-refractivity contribution in [2.24, 2.45) is 10.7 Å². The molecule has 0 aromatic heterocycles. The highest BCUT2D eigenvalue weighted by molar-refractivity contribution is 8.14. The van der Waals surface area contributed by atoms with E-state index in [1.54, 1.807) is 12.1 Å². The van der Waals surface area contributed by atoms with E-state index in [9.17, 15) is 4.39 Å². The third-order valence-electron chi connectivity index (χ3n) is 4.53. The lowest BCUT2D eigenvalue weighted by Gasteiger charge is -2.29. The summed E-state index contributed by atoms with van der Waals surface area (Å²) in [6.07, 6.45) is 2.08. The summed E-state index contributed by atoms with van der Waals surface area (Å²) in [5, 5.41) is 0.552. The molecule has 2 aromatic rings. The summed E-state index contributed by atoms with van der Waals surface area (Å²) in [6.45, 7) is 3.36. The van der Waals surface area contributed by atoms with E-state index >= 15 is 0 Å². The van der Waals surface area contributed by atoms with Gasteiger partial charge >= 0.3 is 0 Å². The molecule has 26 heavy (non-hydrogen) atoms. The number of thioether (sulfide) groups is 1. The van der Waals surface area contributed by atoms with Crippen LogP contribution in [0.2, 0.25) is 0 Å². The molecule has 2 heterocycles. The van der Waals surface area contributed by atoms with Crippen molar-refractivity contribution < 1.29 is 9.13 Å². The van der Waals surface area contributed by atoms with Crippen LogP contribution in [0.25, 0.3) is 5.70 Å². The zero-order valence-corrected chi connectivity index (χ0v) is 15.1. The molecule has 2 N–H and O–H groups in total. The first-order chi connectivity index (χ1) is 12.7. The molecule has 0 bridgehead atoms. The van der Waals surface area contributed by atoms with Crippen LogP contribution in [-0.2, 0) is 4.74 Å². The number of nitrogens with two attached hydrogens (primary N) is 1. The average Bonchev–Trinajstić information content (AvgIpc) is 2.69. The van der Waals surface area contributed by atoms with E-state index in [0.717, 1.165) is 43.1 Å². The molecule has 0 radical (unpaired) electrons. The second-order valence-electron chi connectivity index (χ2n) is 6.24. The lowest BCUT2D eigenvalue weighted by atomic mass is 10.1. The fourth-order valence-electron chi connectivity index (χ4n) is 3.13. The van der Waals surface area contributed by atoms with Gasteiger partial charge in [-0.1, -0.05) is 36.0 Å². The van der Waals surface area contributed by atoms with E-state index in [1.807, 2.05) is 0 Å². The Bertz CT molecular complexity index is 827. The van der Waals surface area contributed by atoms with Crippen LogP contribution in [-0.4, -0.2) is 31.5 Å². The summed E-state index contributed by atoms with van der Waals surface area (Å²) in [4.78, 5) is 6.82. The molecule has 6 heteroatoms. The molecule has 2 aliphatic rings. The van der Waals surface area contributed by atoms with Crippen LogP contribution < -0.4 is 10.6 Å². The second kappa shape index (κ2) is 7.51. The van der Waals surface area contributed by atoms with E-state index in [-0.39, 0.29) is 11.1 Å². The van der Waals surface area contributed by atoms with Crippen LogP contribution >= 0.6 is 11.8 Å². The van der Waals surface area contributed by atoms with Gasteiger partial charge in [0.15, 0.2) is 5.17 Å².